The Morgan fingerprint density at radius 1 is 0.405 bits per heavy atom. The molecule has 0 heterocycles. The highest BCUT2D eigenvalue weighted by molar-refractivity contribution is 5.54. The Morgan fingerprint density at radius 2 is 0.810 bits per heavy atom. The largest absolute Gasteiger partial charge is 0.0780 e. The number of hydrogen-bond acceptors (Lipinski definition) is 0. The summed E-state index contributed by atoms with van der Waals surface area (Å²) in [6.45, 7) is 38.9. The van der Waals surface area contributed by atoms with Gasteiger partial charge in [0.1, 0.15) is 0 Å². The van der Waals surface area contributed by atoms with Gasteiger partial charge in [-0.05, 0) is 92.2 Å². The summed E-state index contributed by atoms with van der Waals surface area (Å²) in [7, 11) is 0. The van der Waals surface area contributed by atoms with E-state index in [1.165, 1.54) is 30.4 Å². The molecule has 0 spiro atoms. The van der Waals surface area contributed by atoms with E-state index >= 15 is 0 Å². The number of rotatable bonds is 6. The van der Waals surface area contributed by atoms with Crippen LogP contribution in [0.4, 0.5) is 0 Å². The SMILES string of the molecule is CC1=C(C)C(C)(CCC2(C)C(C)=C(C)C(C)(CCC3(C)C(C)=C(C)C(C)(C)c4ccccc43)C(C)=C2C)C=CC1(C)C. The van der Waals surface area contributed by atoms with Crippen LogP contribution in [0.5, 0.6) is 0 Å². The smallest absolute Gasteiger partial charge is 0.0137 e. The highest BCUT2D eigenvalue weighted by Gasteiger charge is 2.47. The summed E-state index contributed by atoms with van der Waals surface area (Å²) in [5.74, 6) is 0. The summed E-state index contributed by atoms with van der Waals surface area (Å²) < 4.78 is 0. The molecule has 3 aliphatic rings. The Morgan fingerprint density at radius 3 is 1.31 bits per heavy atom. The molecule has 0 nitrogen and oxygen atoms in total. The molecule has 0 aliphatic heterocycles. The topological polar surface area (TPSA) is 0 Å². The van der Waals surface area contributed by atoms with Crippen molar-refractivity contribution < 1.29 is 0 Å². The molecule has 2 unspecified atom stereocenters. The normalized spacial score (nSPS) is 34.4. The van der Waals surface area contributed by atoms with Crippen LogP contribution in [0.25, 0.3) is 0 Å². The molecule has 230 valence electrons. The van der Waals surface area contributed by atoms with Crippen LogP contribution in [-0.4, -0.2) is 0 Å². The van der Waals surface area contributed by atoms with Gasteiger partial charge in [-0.3, -0.25) is 0 Å². The van der Waals surface area contributed by atoms with Gasteiger partial charge < -0.3 is 0 Å². The minimum atomic E-state index is 0.0553. The van der Waals surface area contributed by atoms with Crippen molar-refractivity contribution in [2.45, 2.75) is 147 Å². The van der Waals surface area contributed by atoms with Crippen molar-refractivity contribution in [1.82, 2.24) is 0 Å². The standard InChI is InChI=1S/C42H62/c1-27-29(3)39(13,22-21-37(27,9)10)23-24-40(14)31(5)33(7)41(15,34(8)32(40)6)25-26-42(16)30(4)28(2)38(11,12)35-19-17-18-20-36(35)42/h17-22H,23-26H2,1-16H3. The number of fused-ring (bicyclic) bond motifs is 1. The van der Waals surface area contributed by atoms with E-state index < -0.39 is 0 Å². The van der Waals surface area contributed by atoms with Gasteiger partial charge >= 0.3 is 0 Å². The van der Waals surface area contributed by atoms with Gasteiger partial charge in [0.05, 0.1) is 0 Å². The van der Waals surface area contributed by atoms with E-state index in [0.717, 1.165) is 6.42 Å². The van der Waals surface area contributed by atoms with Crippen molar-refractivity contribution in [3.05, 3.63) is 92.1 Å². The molecule has 3 aliphatic carbocycles. The molecular formula is C42H62. The van der Waals surface area contributed by atoms with Crippen LogP contribution in [0.15, 0.2) is 81.0 Å². The molecule has 0 saturated carbocycles. The van der Waals surface area contributed by atoms with Crippen LogP contribution in [0, 0.1) is 21.7 Å². The van der Waals surface area contributed by atoms with E-state index in [2.05, 4.69) is 147 Å². The summed E-state index contributed by atoms with van der Waals surface area (Å²) in [5, 5.41) is 0. The van der Waals surface area contributed by atoms with Crippen LogP contribution < -0.4 is 0 Å². The average Bonchev–Trinajstić information content (AvgIpc) is 2.96. The Hall–Kier alpha value is -2.08. The third-order valence-corrected chi connectivity index (χ3v) is 14.5. The zero-order valence-corrected chi connectivity index (χ0v) is 30.3. The number of allylic oxidation sites excluding steroid dienone is 10. The highest BCUT2D eigenvalue weighted by atomic mass is 14.5. The lowest BCUT2D eigenvalue weighted by Crippen LogP contribution is -2.40. The zero-order chi connectivity index (χ0) is 31.8. The summed E-state index contributed by atoms with van der Waals surface area (Å²) in [6, 6.07) is 9.27. The summed E-state index contributed by atoms with van der Waals surface area (Å²) in [5.41, 5.74) is 16.3. The lowest BCUT2D eigenvalue weighted by Gasteiger charge is -2.50. The molecule has 0 radical (unpaired) electrons. The Bertz CT molecular complexity index is 1410. The third-order valence-electron chi connectivity index (χ3n) is 14.5. The van der Waals surface area contributed by atoms with Crippen LogP contribution >= 0.6 is 0 Å². The lowest BCUT2D eigenvalue weighted by molar-refractivity contribution is 0.288. The van der Waals surface area contributed by atoms with Crippen LogP contribution in [-0.2, 0) is 10.8 Å². The fraction of sp³-hybridized carbons (Fsp3) is 0.619. The van der Waals surface area contributed by atoms with Gasteiger partial charge in [-0.25, -0.2) is 0 Å². The van der Waals surface area contributed by atoms with Gasteiger partial charge in [-0.2, -0.15) is 0 Å². The molecule has 0 bridgehead atoms. The predicted molar refractivity (Wildman–Crippen MR) is 186 cm³/mol. The van der Waals surface area contributed by atoms with Gasteiger partial charge in [0.2, 0.25) is 0 Å². The first-order valence-electron chi connectivity index (χ1n) is 16.7. The quantitative estimate of drug-likeness (QED) is 0.300. The minimum Gasteiger partial charge on any atom is -0.0780 e. The maximum atomic E-state index is 2.54. The van der Waals surface area contributed by atoms with Gasteiger partial charge in [0, 0.05) is 32.5 Å². The summed E-state index contributed by atoms with van der Waals surface area (Å²) >= 11 is 0. The van der Waals surface area contributed by atoms with Crippen LogP contribution in [0.1, 0.15) is 148 Å². The fourth-order valence-corrected chi connectivity index (χ4v) is 8.92. The maximum Gasteiger partial charge on any atom is 0.0137 e. The Balaban J connectivity index is 1.67. The predicted octanol–water partition coefficient (Wildman–Crippen LogP) is 12.8. The number of hydrogen-bond donors (Lipinski definition) is 0. The summed E-state index contributed by atoms with van der Waals surface area (Å²) in [4.78, 5) is 0. The second-order valence-electron chi connectivity index (χ2n) is 16.6. The average molecular weight is 567 g/mol. The van der Waals surface area contributed by atoms with E-state index in [4.69, 9.17) is 0 Å². The highest BCUT2D eigenvalue weighted by Crippen LogP contribution is 2.59. The second-order valence-corrected chi connectivity index (χ2v) is 16.6. The van der Waals surface area contributed by atoms with Crippen molar-refractivity contribution in [2.24, 2.45) is 21.7 Å². The molecule has 0 amide bonds. The Labute approximate surface area is 260 Å². The monoisotopic (exact) mass is 566 g/mol. The van der Waals surface area contributed by atoms with Gasteiger partial charge in [0.25, 0.3) is 0 Å². The van der Waals surface area contributed by atoms with Crippen molar-refractivity contribution in [1.29, 1.82) is 0 Å². The van der Waals surface area contributed by atoms with Crippen molar-refractivity contribution in [3.8, 4) is 0 Å². The van der Waals surface area contributed by atoms with Crippen LogP contribution in [0.2, 0.25) is 0 Å². The van der Waals surface area contributed by atoms with Gasteiger partial charge in [-0.15, -0.1) is 0 Å². The van der Waals surface area contributed by atoms with Crippen molar-refractivity contribution in [3.63, 3.8) is 0 Å². The van der Waals surface area contributed by atoms with Crippen LogP contribution in [0.3, 0.4) is 0 Å². The molecule has 1 aromatic carbocycles. The maximum absolute atomic E-state index is 2.54. The Kier molecular flexibility index (Phi) is 8.00. The van der Waals surface area contributed by atoms with E-state index in [0.29, 0.717) is 0 Å². The van der Waals surface area contributed by atoms with Gasteiger partial charge in [-0.1, -0.05) is 136 Å². The first-order valence-corrected chi connectivity index (χ1v) is 16.7. The van der Waals surface area contributed by atoms with E-state index in [-0.39, 0.29) is 32.5 Å². The van der Waals surface area contributed by atoms with E-state index in [1.54, 1.807) is 44.6 Å². The molecule has 42 heavy (non-hydrogen) atoms. The molecule has 2 atom stereocenters. The molecule has 4 rings (SSSR count). The summed E-state index contributed by atoms with van der Waals surface area (Å²) in [6.07, 6.45) is 9.67. The van der Waals surface area contributed by atoms with E-state index in [1.807, 2.05) is 0 Å². The molecular weight excluding hydrogens is 504 g/mol. The number of benzene rings is 1. The van der Waals surface area contributed by atoms with Gasteiger partial charge in [0.15, 0.2) is 0 Å². The minimum absolute atomic E-state index is 0.0553. The lowest BCUT2D eigenvalue weighted by atomic mass is 9.54. The second kappa shape index (κ2) is 10.2. The third kappa shape index (κ3) is 4.61. The molecule has 1 aromatic rings. The van der Waals surface area contributed by atoms with Crippen molar-refractivity contribution >= 4 is 0 Å². The first-order chi connectivity index (χ1) is 19.1. The van der Waals surface area contributed by atoms with Crippen molar-refractivity contribution in [2.75, 3.05) is 0 Å². The molecule has 0 saturated heterocycles. The molecule has 0 fully saturated rings. The van der Waals surface area contributed by atoms with E-state index in [9.17, 15) is 0 Å². The zero-order valence-electron chi connectivity index (χ0n) is 30.3. The molecule has 0 N–H and O–H groups in total. The molecule has 0 heteroatoms. The molecule has 0 aromatic heterocycles. The first kappa shape index (κ1) is 32.8. The fourth-order valence-electron chi connectivity index (χ4n) is 8.92.